The summed E-state index contributed by atoms with van der Waals surface area (Å²) in [5, 5.41) is 38.3. The molecule has 39 nitrogen and oxygen atoms in total. The van der Waals surface area contributed by atoms with Crippen LogP contribution in [0, 0.1) is 5.92 Å². The van der Waals surface area contributed by atoms with Crippen molar-refractivity contribution in [3.63, 3.8) is 0 Å². The van der Waals surface area contributed by atoms with Crippen LogP contribution in [0.15, 0.2) is 70.8 Å². The molecule has 0 aliphatic rings. The molecule has 31 N–H and O–H groups in total. The van der Waals surface area contributed by atoms with Crippen LogP contribution in [0.3, 0.4) is 0 Å². The Morgan fingerprint density at radius 3 is 1.38 bits per heavy atom. The third-order valence-corrected chi connectivity index (χ3v) is 17.8. The number of nitrogens with one attached hydrogen (secondary N) is 12. The smallest absolute Gasteiger partial charge is 0.326 e. The Morgan fingerprint density at radius 1 is 0.468 bits per heavy atom. The monoisotopic (exact) mass is 1570 g/mol. The number of carbonyl (C=O) groups is 15. The first-order valence-corrected chi connectivity index (χ1v) is 37.3. The number of aliphatic carboxylic acids is 1. The second kappa shape index (κ2) is 48.5. The van der Waals surface area contributed by atoms with Crippen LogP contribution >= 0.6 is 24.4 Å². The zero-order valence-electron chi connectivity index (χ0n) is 61.4. The number of fused-ring (bicyclic) bond motifs is 1. The Labute approximate surface area is 639 Å². The van der Waals surface area contributed by atoms with E-state index < -0.39 is 199 Å². The summed E-state index contributed by atoms with van der Waals surface area (Å²) >= 11 is 5.34. The minimum absolute atomic E-state index is 0.0354. The van der Waals surface area contributed by atoms with Crippen molar-refractivity contribution in [3.05, 3.63) is 71.9 Å². The summed E-state index contributed by atoms with van der Waals surface area (Å²) < 4.78 is 0. The van der Waals surface area contributed by atoms with Crippen molar-refractivity contribution in [3.8, 4) is 0 Å². The number of carboxylic acid groups (broad SMARTS) is 1. The minimum Gasteiger partial charge on any atom is -0.480 e. The first-order valence-electron chi connectivity index (χ1n) is 35.3. The molecule has 0 aliphatic carbocycles. The van der Waals surface area contributed by atoms with Gasteiger partial charge in [0, 0.05) is 61.6 Å². The number of benzene rings is 2. The van der Waals surface area contributed by atoms with Gasteiger partial charge in [0.15, 0.2) is 11.9 Å². The van der Waals surface area contributed by atoms with E-state index in [1.54, 1.807) is 80.9 Å². The molecule has 0 bridgehead atoms. The normalized spacial score (nSPS) is 14.3. The zero-order chi connectivity index (χ0) is 81.4. The van der Waals surface area contributed by atoms with E-state index in [0.29, 0.717) is 28.5 Å². The van der Waals surface area contributed by atoms with Crippen molar-refractivity contribution in [2.24, 2.45) is 67.5 Å². The molecular formula is C68H107N23O16S2. The third-order valence-electron chi connectivity index (χ3n) is 16.8. The summed E-state index contributed by atoms with van der Waals surface area (Å²) in [7, 11) is 0. The Hall–Kier alpha value is -10.8. The number of primary amides is 3. The van der Waals surface area contributed by atoms with E-state index in [9.17, 15) is 77.0 Å². The molecule has 0 fully saturated rings. The van der Waals surface area contributed by atoms with Crippen LogP contribution < -0.4 is 110 Å². The predicted octanol–water partition coefficient (Wildman–Crippen LogP) is -6.30. The molecule has 2 aromatic carbocycles. The number of thioether (sulfide) groups is 1. The van der Waals surface area contributed by atoms with Gasteiger partial charge in [0.1, 0.15) is 66.5 Å². The highest BCUT2D eigenvalue weighted by Crippen LogP contribution is 2.21. The fourth-order valence-electron chi connectivity index (χ4n) is 10.8. The van der Waals surface area contributed by atoms with E-state index in [0.717, 1.165) is 6.92 Å². The average molecular weight is 1570 g/mol. The lowest BCUT2D eigenvalue weighted by atomic mass is 10.0. The third kappa shape index (κ3) is 34.3. The fourth-order valence-corrected chi connectivity index (χ4v) is 11.5. The quantitative estimate of drug-likeness (QED) is 0.0108. The topological polar surface area (TPSA) is 683 Å². The number of aromatic nitrogens is 1. The minimum atomic E-state index is -1.86. The number of H-pyrrole nitrogens is 1. The summed E-state index contributed by atoms with van der Waals surface area (Å²) in [6.45, 7) is 4.57. The number of unbranched alkanes of at least 4 members (excludes halogenated alkanes) is 1. The molecule has 0 saturated carbocycles. The molecule has 14 amide bonds. The van der Waals surface area contributed by atoms with E-state index in [-0.39, 0.29) is 101 Å². The molecule has 0 unspecified atom stereocenters. The number of thiol groups is 1. The molecule has 602 valence electrons. The van der Waals surface area contributed by atoms with E-state index in [4.69, 9.17) is 51.6 Å². The van der Waals surface area contributed by atoms with Crippen LogP contribution in [0.2, 0.25) is 0 Å². The standard InChI is InChI=1S/C68H107N23O16S2/c1-35(2)54(65(105)87-47(66(106)107)20-13-28-79-68(76)77)91-61(101)42(18-10-11-26-69)82-58(98)43(19-12-27-78-67(74)75)83-60(100)46(25-29-109-4)86-64(104)50(32-53(73)94)88-55(95)36(3)81-57(97)44(21-23-51(71)92)84-63(103)49(31-38-33-80-41-17-9-8-16-39(38)41)90-59(99)45(22-24-52(72)93)85-62(102)48(89-56(96)40(70)34-108)30-37-14-6-5-7-15-37/h5-9,14-17,33,35-36,40,42-50,54,80,108H,10-13,18-32,34,69-70H2,1-4H3,(H2,71,92)(H2,72,93)(H2,73,94)(H,81,97)(H,82,98)(H,83,100)(H,84,103)(H,85,102)(H,86,104)(H,87,105)(H,88,95)(H,89,96)(H,90,99)(H,91,101)(H,106,107)(H4,74,75,78)(H4,76,77,79)/t36-,40-,42-,43-,44-,45-,46-,47-,48-,49-,50-,54-/m0/s1. The van der Waals surface area contributed by atoms with Crippen LogP contribution in [0.1, 0.15) is 115 Å². The second-order valence-corrected chi connectivity index (χ2v) is 27.4. The highest BCUT2D eigenvalue weighted by molar-refractivity contribution is 7.98. The van der Waals surface area contributed by atoms with Crippen LogP contribution in [-0.4, -0.2) is 221 Å². The number of para-hydroxylation sites is 1. The maximum atomic E-state index is 14.8. The Balaban J connectivity index is 1.96. The summed E-state index contributed by atoms with van der Waals surface area (Å²) in [5.74, 6) is -16.0. The summed E-state index contributed by atoms with van der Waals surface area (Å²) in [5.41, 5.74) is 51.9. The van der Waals surface area contributed by atoms with E-state index >= 15 is 0 Å². The van der Waals surface area contributed by atoms with Crippen molar-refractivity contribution in [1.82, 2.24) is 63.5 Å². The van der Waals surface area contributed by atoms with Crippen LogP contribution in [0.4, 0.5) is 0 Å². The number of rotatable bonds is 52. The van der Waals surface area contributed by atoms with Gasteiger partial charge in [0.2, 0.25) is 82.7 Å². The summed E-state index contributed by atoms with van der Waals surface area (Å²) in [6, 6.07) is -2.63. The van der Waals surface area contributed by atoms with Gasteiger partial charge in [-0.2, -0.15) is 24.4 Å². The van der Waals surface area contributed by atoms with Gasteiger partial charge < -0.3 is 120 Å². The first kappa shape index (κ1) is 92.4. The second-order valence-electron chi connectivity index (χ2n) is 26.0. The molecular weight excluding hydrogens is 1460 g/mol. The highest BCUT2D eigenvalue weighted by Gasteiger charge is 2.38. The van der Waals surface area contributed by atoms with Gasteiger partial charge in [-0.3, -0.25) is 77.1 Å². The number of aromatic amines is 1. The van der Waals surface area contributed by atoms with Crippen molar-refractivity contribution in [1.29, 1.82) is 0 Å². The molecule has 3 rings (SSSR count). The van der Waals surface area contributed by atoms with E-state index in [1.165, 1.54) is 11.8 Å². The number of hydrogen-bond acceptors (Lipinski definition) is 21. The maximum absolute atomic E-state index is 14.8. The molecule has 1 heterocycles. The first-order chi connectivity index (χ1) is 51.6. The predicted molar refractivity (Wildman–Crippen MR) is 410 cm³/mol. The van der Waals surface area contributed by atoms with Gasteiger partial charge in [0.05, 0.1) is 12.5 Å². The van der Waals surface area contributed by atoms with Crippen molar-refractivity contribution in [2.45, 2.75) is 190 Å². The molecule has 0 spiro atoms. The molecule has 1 aromatic heterocycles. The van der Waals surface area contributed by atoms with E-state index in [1.807, 2.05) is 0 Å². The van der Waals surface area contributed by atoms with Gasteiger partial charge in [-0.15, -0.1) is 0 Å². The highest BCUT2D eigenvalue weighted by atomic mass is 32.2. The molecule has 109 heavy (non-hydrogen) atoms. The Morgan fingerprint density at radius 2 is 0.890 bits per heavy atom. The number of guanidine groups is 2. The lowest BCUT2D eigenvalue weighted by Gasteiger charge is -2.28. The van der Waals surface area contributed by atoms with Crippen LogP contribution in [-0.2, 0) is 84.8 Å². The number of carbonyl (C=O) groups excluding carboxylic acids is 14. The molecule has 12 atom stereocenters. The van der Waals surface area contributed by atoms with Gasteiger partial charge in [-0.05, 0) is 113 Å². The van der Waals surface area contributed by atoms with E-state index in [2.05, 4.69) is 86.1 Å². The number of aliphatic imine (C=N–C) groups is 2. The molecule has 41 heteroatoms. The SMILES string of the molecule is CSCC[C@H](NC(=O)[C@H](CC(N)=O)NC(=O)[C@H](C)NC(=O)[C@H](CCC(N)=O)NC(=O)[C@H](Cc1c[nH]c2ccccc12)NC(=O)[C@H](CCC(N)=O)NC(=O)[C@H](Cc1ccccc1)NC(=O)[C@@H](N)CS)C(=O)N[C@@H](CCCN=C(N)N)C(=O)N[C@@H](CCCCN)C(=O)N[C@H](C(=O)N[C@@H](CCCN=C(N)N)C(=O)O)C(C)C. The number of nitrogens with two attached hydrogens (primary N) is 9. The van der Waals surface area contributed by atoms with Gasteiger partial charge in [-0.25, -0.2) is 4.79 Å². The van der Waals surface area contributed by atoms with Crippen LogP contribution in [0.5, 0.6) is 0 Å². The number of hydrogen-bond donors (Lipinski definition) is 23. The number of amides is 14. The molecule has 0 saturated heterocycles. The van der Waals surface area contributed by atoms with Crippen LogP contribution in [0.25, 0.3) is 10.9 Å². The number of nitrogens with zero attached hydrogens (tertiary/aromatic N) is 2. The Kier molecular flexibility index (Phi) is 41.1. The Bertz CT molecular complexity index is 3650. The summed E-state index contributed by atoms with van der Waals surface area (Å²) in [6.07, 6.45) is 0.538. The lowest BCUT2D eigenvalue weighted by Crippen LogP contribution is -2.61. The maximum Gasteiger partial charge on any atom is 0.326 e. The van der Waals surface area contributed by atoms with Gasteiger partial charge in [-0.1, -0.05) is 62.4 Å². The van der Waals surface area contributed by atoms with Crippen molar-refractivity contribution >= 4 is 136 Å². The zero-order valence-corrected chi connectivity index (χ0v) is 63.1. The largest absolute Gasteiger partial charge is 0.480 e. The average Bonchev–Trinajstić information content (AvgIpc) is 1.71. The van der Waals surface area contributed by atoms with Crippen molar-refractivity contribution < 1.29 is 77.0 Å². The summed E-state index contributed by atoms with van der Waals surface area (Å²) in [4.78, 5) is 216. The van der Waals surface area contributed by atoms with Gasteiger partial charge >= 0.3 is 5.97 Å². The molecule has 0 radical (unpaired) electrons. The molecule has 0 aliphatic heterocycles. The fraction of sp³-hybridized carbons (Fsp3) is 0.544. The van der Waals surface area contributed by atoms with Gasteiger partial charge in [0.25, 0.3) is 0 Å². The molecule has 3 aromatic rings. The number of carboxylic acids is 1. The lowest BCUT2D eigenvalue weighted by molar-refractivity contribution is -0.143. The van der Waals surface area contributed by atoms with Crippen molar-refractivity contribution in [2.75, 3.05) is 37.4 Å².